The van der Waals surface area contributed by atoms with E-state index in [0.29, 0.717) is 22.4 Å². The van der Waals surface area contributed by atoms with Gasteiger partial charge in [-0.3, -0.25) is 9.59 Å². The number of aromatic nitrogens is 1. The number of amides is 1. The maximum Gasteiger partial charge on any atom is 0.258 e. The number of hydrazone groups is 1. The highest BCUT2D eigenvalue weighted by atomic mass is 79.9. The molecule has 0 radical (unpaired) electrons. The summed E-state index contributed by atoms with van der Waals surface area (Å²) in [4.78, 5) is 28.9. The lowest BCUT2D eigenvalue weighted by Crippen LogP contribution is -2.99. The number of benzene rings is 3. The molecular formula is C26H21BrN4O4. The minimum atomic E-state index is -1.05. The summed E-state index contributed by atoms with van der Waals surface area (Å²) in [6.45, 7) is 1.40. The first kappa shape index (κ1) is 23.1. The van der Waals surface area contributed by atoms with E-state index in [-0.39, 0.29) is 23.6 Å². The largest absolute Gasteiger partial charge is 0.595 e. The van der Waals surface area contributed by atoms with E-state index in [1.165, 1.54) is 18.0 Å². The number of H-pyrrole nitrogens is 1. The fraction of sp³-hybridized carbons (Fsp3) is 0.115. The molecule has 0 spiro atoms. The molecule has 1 amide bonds. The molecule has 0 fully saturated rings. The quantitative estimate of drug-likeness (QED) is 0.344. The molecule has 1 aliphatic rings. The maximum atomic E-state index is 13.4. The smallest absolute Gasteiger partial charge is 0.258 e. The molecule has 0 bridgehead atoms. The lowest BCUT2D eigenvalue weighted by molar-refractivity contribution is -0.991. The van der Waals surface area contributed by atoms with E-state index in [1.54, 1.807) is 18.2 Å². The van der Waals surface area contributed by atoms with Gasteiger partial charge in [0.1, 0.15) is 0 Å². The Morgan fingerprint density at radius 2 is 1.89 bits per heavy atom. The van der Waals surface area contributed by atoms with Crippen molar-refractivity contribution in [3.05, 3.63) is 104 Å². The summed E-state index contributed by atoms with van der Waals surface area (Å²) < 4.78 is 0.863. The average molecular weight is 533 g/mol. The zero-order chi connectivity index (χ0) is 24.7. The number of hydrogen-bond donors (Lipinski definition) is 3. The first-order chi connectivity index (χ1) is 16.8. The molecule has 1 aliphatic heterocycles. The minimum absolute atomic E-state index is 0.123. The predicted molar refractivity (Wildman–Crippen MR) is 136 cm³/mol. The number of aromatic amines is 1. The van der Waals surface area contributed by atoms with Gasteiger partial charge in [0.2, 0.25) is 5.91 Å². The van der Waals surface area contributed by atoms with E-state index in [1.807, 2.05) is 48.5 Å². The van der Waals surface area contributed by atoms with Gasteiger partial charge in [0.15, 0.2) is 5.69 Å². The zero-order valence-corrected chi connectivity index (χ0v) is 20.2. The third-order valence-corrected chi connectivity index (χ3v) is 6.57. The number of carbonyl (C=O) groups excluding carboxylic acids is 1. The molecule has 9 heteroatoms. The van der Waals surface area contributed by atoms with Gasteiger partial charge in [0.05, 0.1) is 17.3 Å². The Morgan fingerprint density at radius 1 is 1.11 bits per heavy atom. The van der Waals surface area contributed by atoms with Crippen LogP contribution in [0.2, 0.25) is 0 Å². The van der Waals surface area contributed by atoms with Crippen molar-refractivity contribution in [2.45, 2.75) is 19.4 Å². The summed E-state index contributed by atoms with van der Waals surface area (Å²) in [6, 6.07) is 21.2. The molecule has 176 valence electrons. The van der Waals surface area contributed by atoms with Crippen LogP contribution in [0.25, 0.3) is 22.0 Å². The second-order valence-corrected chi connectivity index (χ2v) is 9.24. The van der Waals surface area contributed by atoms with Crippen molar-refractivity contribution in [2.75, 3.05) is 0 Å². The number of hydrogen-bond acceptors (Lipinski definition) is 5. The summed E-state index contributed by atoms with van der Waals surface area (Å²) >= 11 is 3.53. The van der Waals surface area contributed by atoms with E-state index in [0.717, 1.165) is 21.0 Å². The zero-order valence-electron chi connectivity index (χ0n) is 18.7. The van der Waals surface area contributed by atoms with E-state index >= 15 is 0 Å². The number of rotatable bonds is 4. The van der Waals surface area contributed by atoms with Crippen LogP contribution in [0.1, 0.15) is 30.5 Å². The predicted octanol–water partition coefficient (Wildman–Crippen LogP) is 4.06. The Labute approximate surface area is 208 Å². The van der Waals surface area contributed by atoms with Crippen LogP contribution in [0.5, 0.6) is 0 Å². The van der Waals surface area contributed by atoms with Gasteiger partial charge < -0.3 is 10.2 Å². The monoisotopic (exact) mass is 532 g/mol. The van der Waals surface area contributed by atoms with Crippen molar-refractivity contribution >= 4 is 44.1 Å². The number of pyridine rings is 1. The fourth-order valence-electron chi connectivity index (χ4n) is 4.54. The van der Waals surface area contributed by atoms with Crippen LogP contribution in [0.3, 0.4) is 0 Å². The number of nitrogens with one attached hydrogen (secondary N) is 2. The molecule has 35 heavy (non-hydrogen) atoms. The van der Waals surface area contributed by atoms with E-state index in [2.05, 4.69) is 26.0 Å². The average Bonchev–Trinajstić information content (AvgIpc) is 3.29. The molecule has 0 aliphatic carbocycles. The lowest BCUT2D eigenvalue weighted by atomic mass is 9.91. The third kappa shape index (κ3) is 4.30. The van der Waals surface area contributed by atoms with Crippen LogP contribution in [0.15, 0.2) is 87.2 Å². The second kappa shape index (κ2) is 9.20. The van der Waals surface area contributed by atoms with Gasteiger partial charge in [-0.25, -0.2) is 10.2 Å². The first-order valence-corrected chi connectivity index (χ1v) is 11.7. The summed E-state index contributed by atoms with van der Waals surface area (Å²) in [5.41, 5.74) is 3.59. The van der Waals surface area contributed by atoms with Crippen molar-refractivity contribution in [1.29, 1.82) is 0 Å². The van der Waals surface area contributed by atoms with Gasteiger partial charge in [0, 0.05) is 46.4 Å². The van der Waals surface area contributed by atoms with Crippen molar-refractivity contribution < 1.29 is 15.2 Å². The summed E-state index contributed by atoms with van der Waals surface area (Å²) in [5, 5.41) is 26.6. The number of halogens is 1. The molecule has 1 aromatic heterocycles. The molecule has 1 unspecified atom stereocenters. The Kier molecular flexibility index (Phi) is 6.08. The third-order valence-electron chi connectivity index (χ3n) is 6.08. The fourth-order valence-corrected chi connectivity index (χ4v) is 4.90. The van der Waals surface area contributed by atoms with Crippen molar-refractivity contribution in [3.8, 4) is 11.1 Å². The second-order valence-electron chi connectivity index (χ2n) is 8.32. The van der Waals surface area contributed by atoms with Gasteiger partial charge in [-0.05, 0) is 29.3 Å². The van der Waals surface area contributed by atoms with Crippen molar-refractivity contribution in [3.63, 3.8) is 0 Å². The van der Waals surface area contributed by atoms with E-state index in [9.17, 15) is 20.0 Å². The molecule has 2 atom stereocenters. The molecule has 3 aromatic carbocycles. The molecular weight excluding hydrogens is 512 g/mol. The SMILES string of the molecule is CC(=O)N1N=C(c2c(-c3ccccc3)c3cc(Br)ccc3[nH]c2=O)C[C@H]1c1cccc([NH+]([O-])O)c1. The molecule has 5 rings (SSSR count). The summed E-state index contributed by atoms with van der Waals surface area (Å²) in [5.74, 6) is -0.299. The Morgan fingerprint density at radius 3 is 2.60 bits per heavy atom. The Bertz CT molecular complexity index is 1530. The first-order valence-electron chi connectivity index (χ1n) is 11.0. The minimum Gasteiger partial charge on any atom is -0.595 e. The van der Waals surface area contributed by atoms with Crippen LogP contribution < -0.4 is 10.8 Å². The van der Waals surface area contributed by atoms with Crippen LogP contribution in [-0.2, 0) is 4.79 Å². The van der Waals surface area contributed by atoms with Crippen LogP contribution in [0.4, 0.5) is 5.69 Å². The van der Waals surface area contributed by atoms with Gasteiger partial charge >= 0.3 is 0 Å². The normalized spacial score (nSPS) is 16.4. The highest BCUT2D eigenvalue weighted by molar-refractivity contribution is 9.10. The molecule has 8 nitrogen and oxygen atoms in total. The van der Waals surface area contributed by atoms with Gasteiger partial charge in [0.25, 0.3) is 5.56 Å². The van der Waals surface area contributed by atoms with Crippen LogP contribution in [0, 0.1) is 5.21 Å². The summed E-state index contributed by atoms with van der Waals surface area (Å²) in [6.07, 6.45) is 0.269. The number of nitrogens with zero attached hydrogens (tertiary/aromatic N) is 2. The highest BCUT2D eigenvalue weighted by Gasteiger charge is 2.34. The maximum absolute atomic E-state index is 13.4. The number of quaternary nitrogens is 1. The Hall–Kier alpha value is -3.63. The van der Waals surface area contributed by atoms with E-state index in [4.69, 9.17) is 0 Å². The number of fused-ring (bicyclic) bond motifs is 1. The van der Waals surface area contributed by atoms with Gasteiger partial charge in [-0.15, -0.1) is 0 Å². The van der Waals surface area contributed by atoms with Crippen LogP contribution >= 0.6 is 15.9 Å². The summed E-state index contributed by atoms with van der Waals surface area (Å²) in [7, 11) is 0. The van der Waals surface area contributed by atoms with Crippen LogP contribution in [-0.4, -0.2) is 26.8 Å². The van der Waals surface area contributed by atoms with Crippen molar-refractivity contribution in [1.82, 2.24) is 9.99 Å². The standard InChI is InChI=1S/C26H21BrN4O4/c1-15(32)30-23(17-8-5-9-19(12-17)31(34)35)14-22(29-30)25-24(16-6-3-2-4-7-16)20-13-18(27)10-11-21(20)28-26(25)33/h2-13,23,31,34H,14H2,1H3,(H,28,33)/t23-/m0/s1. The van der Waals surface area contributed by atoms with E-state index < -0.39 is 11.3 Å². The lowest BCUT2D eigenvalue weighted by Gasteiger charge is -2.21. The molecule has 2 heterocycles. The molecule has 4 aromatic rings. The van der Waals surface area contributed by atoms with Gasteiger partial charge in [-0.2, -0.15) is 10.3 Å². The Balaban J connectivity index is 1.71. The molecule has 3 N–H and O–H groups in total. The van der Waals surface area contributed by atoms with Crippen molar-refractivity contribution in [2.24, 2.45) is 5.10 Å². The molecule has 0 saturated carbocycles. The molecule has 0 saturated heterocycles. The number of carbonyl (C=O) groups is 1. The topological polar surface area (TPSA) is 113 Å². The van der Waals surface area contributed by atoms with Gasteiger partial charge in [-0.1, -0.05) is 58.4 Å². The highest BCUT2D eigenvalue weighted by Crippen LogP contribution is 2.37.